The Bertz CT molecular complexity index is 1770. The molecule has 2 rings (SSSR count). The van der Waals surface area contributed by atoms with Crippen LogP contribution in [0.25, 0.3) is 0 Å². The van der Waals surface area contributed by atoms with Gasteiger partial charge in [-0.25, -0.2) is 52.5 Å². The minimum absolute atomic E-state index is 0.101. The van der Waals surface area contributed by atoms with Crippen LogP contribution in [0.3, 0.4) is 0 Å². The fourth-order valence-electron chi connectivity index (χ4n) is 5.74. The van der Waals surface area contributed by atoms with Crippen LogP contribution in [0.5, 0.6) is 0 Å². The molecule has 2 heterocycles. The van der Waals surface area contributed by atoms with Gasteiger partial charge in [-0.3, -0.25) is 0 Å². The van der Waals surface area contributed by atoms with Gasteiger partial charge in [0.15, 0.2) is 0 Å². The topological polar surface area (TPSA) is 244 Å². The molecular weight excluding hydrogens is 696 g/mol. The number of aryl methyl sites for hydroxylation is 2. The summed E-state index contributed by atoms with van der Waals surface area (Å²) >= 11 is 0. The van der Waals surface area contributed by atoms with Crippen LogP contribution >= 0.6 is 0 Å². The quantitative estimate of drug-likeness (QED) is 0.0874. The van der Waals surface area contributed by atoms with Crippen molar-refractivity contribution in [2.24, 2.45) is 9.98 Å². The summed E-state index contributed by atoms with van der Waals surface area (Å²) in [5.41, 5.74) is 1.37. The predicted octanol–water partition coefficient (Wildman–Crippen LogP) is 3.95. The highest BCUT2D eigenvalue weighted by molar-refractivity contribution is 6.05. The lowest BCUT2D eigenvalue weighted by molar-refractivity contribution is 0.238. The number of nitrogens with one attached hydrogen (secondary N) is 5. The molecule has 0 aliphatic heterocycles. The summed E-state index contributed by atoms with van der Waals surface area (Å²) in [6.07, 6.45) is 5.68. The highest BCUT2D eigenvalue weighted by Gasteiger charge is 2.16. The first kappa shape index (κ1) is 44.9. The van der Waals surface area contributed by atoms with Crippen LogP contribution in [-0.2, 0) is 19.6 Å². The van der Waals surface area contributed by atoms with Gasteiger partial charge < -0.3 is 26.8 Å². The molecule has 54 heavy (non-hydrogen) atoms. The fraction of sp³-hybridized carbons (Fsp3) is 0.639. The lowest BCUT2D eigenvalue weighted by Gasteiger charge is -2.14. The molecule has 0 radical (unpaired) electrons. The second kappa shape index (κ2) is 23.4. The minimum Gasteiger partial charge on any atom is -0.336 e. The molecule has 0 unspecified atom stereocenters. The third-order valence-electron chi connectivity index (χ3n) is 8.22. The van der Waals surface area contributed by atoms with Gasteiger partial charge in [-0.2, -0.15) is 9.78 Å². The Morgan fingerprint density at radius 1 is 0.611 bits per heavy atom. The van der Waals surface area contributed by atoms with Crippen LogP contribution in [0.15, 0.2) is 30.4 Å². The van der Waals surface area contributed by atoms with Crippen LogP contribution in [0.4, 0.5) is 14.4 Å². The molecule has 18 nitrogen and oxygen atoms in total. The van der Waals surface area contributed by atoms with E-state index in [9.17, 15) is 28.8 Å². The number of carbonyl (C=O) groups excluding carboxylic acids is 3. The largest absolute Gasteiger partial charge is 0.342 e. The number of carbonyl (C=O) groups is 3. The van der Waals surface area contributed by atoms with Gasteiger partial charge in [0, 0.05) is 80.7 Å². The number of hydrogen-bond donors (Lipinski definition) is 5. The predicted molar refractivity (Wildman–Crippen MR) is 210 cm³/mol. The molecule has 0 aliphatic carbocycles. The van der Waals surface area contributed by atoms with Crippen LogP contribution in [0.1, 0.15) is 110 Å². The smallest absolute Gasteiger partial charge is 0.336 e. The van der Waals surface area contributed by atoms with Crippen molar-refractivity contribution in [3.05, 3.63) is 48.9 Å². The fourth-order valence-corrected chi connectivity index (χ4v) is 5.74. The van der Waals surface area contributed by atoms with E-state index in [-0.39, 0.29) is 25.7 Å². The molecule has 0 aliphatic rings. The van der Waals surface area contributed by atoms with Crippen molar-refractivity contribution < 1.29 is 14.4 Å². The third-order valence-corrected chi connectivity index (χ3v) is 8.22. The lowest BCUT2D eigenvalue weighted by atomic mass is 10.2. The number of hydrogen-bond acceptors (Lipinski definition) is 9. The van der Waals surface area contributed by atoms with Crippen LogP contribution in [0.2, 0.25) is 0 Å². The van der Waals surface area contributed by atoms with Crippen molar-refractivity contribution in [2.45, 2.75) is 132 Å². The molecule has 0 spiro atoms. The maximum Gasteiger partial charge on any atom is 0.342 e. The van der Waals surface area contributed by atoms with E-state index in [0.29, 0.717) is 113 Å². The Balaban J connectivity index is 2.02. The summed E-state index contributed by atoms with van der Waals surface area (Å²) in [6.45, 7) is 11.7. The summed E-state index contributed by atoms with van der Waals surface area (Å²) in [6, 6.07) is 0.522. The Hall–Kier alpha value is -5.29. The number of amides is 5. The molecule has 18 heteroatoms. The molecule has 2 aromatic rings. The average Bonchev–Trinajstić information content (AvgIpc) is 3.42. The first-order valence-corrected chi connectivity index (χ1v) is 18.6. The third kappa shape index (κ3) is 16.2. The summed E-state index contributed by atoms with van der Waals surface area (Å²) in [5, 5.41) is 27.4. The number of nitrogens with zero attached hydrogens (tertiary/aromatic N) is 7. The van der Waals surface area contributed by atoms with Gasteiger partial charge in [-0.1, -0.05) is 0 Å². The van der Waals surface area contributed by atoms with Crippen molar-refractivity contribution in [1.29, 1.82) is 10.8 Å². The van der Waals surface area contributed by atoms with Gasteiger partial charge in [-0.15, -0.1) is 0 Å². The van der Waals surface area contributed by atoms with Crippen LogP contribution in [0, 0.1) is 24.7 Å². The molecule has 5 N–H and O–H groups in total. The molecule has 0 fully saturated rings. The molecule has 0 saturated heterocycles. The first-order valence-electron chi connectivity index (χ1n) is 18.6. The molecule has 0 saturated carbocycles. The van der Waals surface area contributed by atoms with E-state index in [1.54, 1.807) is 34.6 Å². The Kier molecular flexibility index (Phi) is 19.4. The molecule has 0 aromatic carbocycles. The molecule has 0 bridgehead atoms. The Labute approximate surface area is 315 Å². The SMILES string of the molecule is CC(=N)CC(C)=NC(=O)NCCCCCn1c(=O)n(CCCCCNC(=O)N=C(C)CC(C)=N)c(=O)n(CCCCCNC(=O)n2nc(C)cc2C)c1=O. The van der Waals surface area contributed by atoms with Gasteiger partial charge in [-0.05, 0) is 105 Å². The number of unbranched alkanes of at least 4 members (excludes halogenated alkanes) is 6. The Morgan fingerprint density at radius 2 is 0.981 bits per heavy atom. The highest BCUT2D eigenvalue weighted by Crippen LogP contribution is 2.03. The van der Waals surface area contributed by atoms with Crippen molar-refractivity contribution >= 4 is 40.9 Å². The molecular formula is C36H58N12O6. The van der Waals surface area contributed by atoms with Crippen LogP contribution < -0.4 is 33.0 Å². The van der Waals surface area contributed by atoms with E-state index in [2.05, 4.69) is 31.0 Å². The number of rotatable bonds is 22. The number of aromatic nitrogens is 5. The van der Waals surface area contributed by atoms with Gasteiger partial charge >= 0.3 is 35.2 Å². The maximum atomic E-state index is 13.5. The lowest BCUT2D eigenvalue weighted by Crippen LogP contribution is -2.54. The van der Waals surface area contributed by atoms with Gasteiger partial charge in [0.05, 0.1) is 5.69 Å². The molecule has 0 atom stereocenters. The van der Waals surface area contributed by atoms with Crippen molar-refractivity contribution in [2.75, 3.05) is 19.6 Å². The summed E-state index contributed by atoms with van der Waals surface area (Å²) in [5.74, 6) is 0. The summed E-state index contributed by atoms with van der Waals surface area (Å²) in [7, 11) is 0. The van der Waals surface area contributed by atoms with Crippen molar-refractivity contribution in [3.8, 4) is 0 Å². The highest BCUT2D eigenvalue weighted by atomic mass is 16.2. The van der Waals surface area contributed by atoms with E-state index in [0.717, 1.165) is 25.1 Å². The zero-order chi connectivity index (χ0) is 40.2. The number of urea groups is 2. The zero-order valence-corrected chi connectivity index (χ0v) is 32.7. The van der Waals surface area contributed by atoms with E-state index < -0.39 is 29.1 Å². The van der Waals surface area contributed by atoms with E-state index >= 15 is 0 Å². The minimum atomic E-state index is -0.674. The van der Waals surface area contributed by atoms with Gasteiger partial charge in [0.1, 0.15) is 0 Å². The summed E-state index contributed by atoms with van der Waals surface area (Å²) in [4.78, 5) is 84.7. The van der Waals surface area contributed by atoms with E-state index in [1.165, 1.54) is 4.68 Å². The van der Waals surface area contributed by atoms with Gasteiger partial charge in [0.2, 0.25) is 0 Å². The van der Waals surface area contributed by atoms with Crippen molar-refractivity contribution in [3.63, 3.8) is 0 Å². The normalized spacial score (nSPS) is 11.7. The maximum absolute atomic E-state index is 13.5. The monoisotopic (exact) mass is 754 g/mol. The second-order valence-electron chi connectivity index (χ2n) is 13.6. The standard InChI is InChI=1S/C36H58N12O6/c1-25(37)22-27(3)42-31(49)39-16-10-7-13-19-45-34(52)46(20-14-8-11-17-40-32(50)43-28(4)23-26(2)38)36(54)47(35(45)53)21-15-9-12-18-41-33(51)48-30(6)24-29(5)44-48/h24,37-38H,7-23H2,1-6H3,(H,39,49)(H,40,50)(H,41,51). The number of aliphatic imine (C=N–C) groups is 2. The van der Waals surface area contributed by atoms with E-state index in [1.807, 2.05) is 13.0 Å². The second-order valence-corrected chi connectivity index (χ2v) is 13.6. The molecule has 298 valence electrons. The molecule has 2 aromatic heterocycles. The Morgan fingerprint density at radius 3 is 1.31 bits per heavy atom. The van der Waals surface area contributed by atoms with E-state index in [4.69, 9.17) is 10.8 Å². The zero-order valence-electron chi connectivity index (χ0n) is 32.7. The average molecular weight is 755 g/mol. The van der Waals surface area contributed by atoms with Gasteiger partial charge in [0.25, 0.3) is 0 Å². The van der Waals surface area contributed by atoms with Crippen molar-refractivity contribution in [1.82, 2.24) is 39.4 Å². The van der Waals surface area contributed by atoms with Crippen LogP contribution in [-0.4, -0.2) is 84.1 Å². The molecule has 5 amide bonds. The first-order chi connectivity index (χ1) is 25.6. The summed E-state index contributed by atoms with van der Waals surface area (Å²) < 4.78 is 4.60.